The summed E-state index contributed by atoms with van der Waals surface area (Å²) in [5.41, 5.74) is 11.8. The first-order valence-corrected chi connectivity index (χ1v) is 6.86. The monoisotopic (exact) mass is 287 g/mol. The van der Waals surface area contributed by atoms with Crippen LogP contribution in [-0.2, 0) is 0 Å². The lowest BCUT2D eigenvalue weighted by Gasteiger charge is -2.24. The van der Waals surface area contributed by atoms with E-state index in [2.05, 4.69) is 5.32 Å². The molecule has 0 radical (unpaired) electrons. The van der Waals surface area contributed by atoms with E-state index in [0.29, 0.717) is 6.42 Å². The molecule has 4 nitrogen and oxygen atoms in total. The first-order chi connectivity index (χ1) is 9.00. The molecule has 106 valence electrons. The Morgan fingerprint density at radius 3 is 2.63 bits per heavy atom. The number of nitrogens with two attached hydrogens (primary N) is 2. The highest BCUT2D eigenvalue weighted by Gasteiger charge is 2.24. The lowest BCUT2D eigenvalue weighted by atomic mass is 10.1. The van der Waals surface area contributed by atoms with Gasteiger partial charge in [-0.25, -0.2) is 4.39 Å². The number of rotatable bonds is 2. The van der Waals surface area contributed by atoms with Crippen molar-refractivity contribution in [2.24, 2.45) is 0 Å². The van der Waals surface area contributed by atoms with E-state index >= 15 is 0 Å². The van der Waals surface area contributed by atoms with E-state index in [0.717, 1.165) is 25.7 Å². The average Bonchev–Trinajstić information content (AvgIpc) is 2.57. The molecular formula is C13H19ClFN3O. The molecule has 1 saturated carbocycles. The fraction of sp³-hybridized carbons (Fsp3) is 0.538. The van der Waals surface area contributed by atoms with Crippen molar-refractivity contribution in [3.8, 4) is 0 Å². The van der Waals surface area contributed by atoms with Gasteiger partial charge in [-0.1, -0.05) is 30.9 Å². The summed E-state index contributed by atoms with van der Waals surface area (Å²) in [5.74, 6) is -0.657. The third kappa shape index (κ3) is 3.04. The van der Waals surface area contributed by atoms with Gasteiger partial charge >= 0.3 is 0 Å². The Balaban J connectivity index is 2.25. The van der Waals surface area contributed by atoms with Gasteiger partial charge in [0.15, 0.2) is 5.82 Å². The van der Waals surface area contributed by atoms with Gasteiger partial charge in [0.25, 0.3) is 0 Å². The third-order valence-electron chi connectivity index (χ3n) is 3.57. The van der Waals surface area contributed by atoms with Crippen LogP contribution in [0.2, 0.25) is 5.02 Å². The first-order valence-electron chi connectivity index (χ1n) is 6.48. The molecule has 2 rings (SSSR count). The second kappa shape index (κ2) is 5.84. The molecule has 2 unspecified atom stereocenters. The molecule has 2 atom stereocenters. The van der Waals surface area contributed by atoms with Crippen LogP contribution in [0.1, 0.15) is 32.1 Å². The van der Waals surface area contributed by atoms with Crippen molar-refractivity contribution in [2.75, 3.05) is 16.8 Å². The number of benzene rings is 1. The lowest BCUT2D eigenvalue weighted by Crippen LogP contribution is -2.33. The molecular weight excluding hydrogens is 269 g/mol. The maximum atomic E-state index is 14.1. The summed E-state index contributed by atoms with van der Waals surface area (Å²) in [6, 6.07) is 1.22. The van der Waals surface area contributed by atoms with Gasteiger partial charge in [-0.3, -0.25) is 0 Å². The quantitative estimate of drug-likeness (QED) is 0.498. The molecule has 0 heterocycles. The molecule has 0 aliphatic heterocycles. The number of nitrogens with one attached hydrogen (secondary N) is 1. The molecule has 0 saturated heterocycles. The second-order valence-electron chi connectivity index (χ2n) is 5.01. The molecule has 1 aromatic rings. The van der Waals surface area contributed by atoms with E-state index in [4.69, 9.17) is 23.1 Å². The topological polar surface area (TPSA) is 84.3 Å². The summed E-state index contributed by atoms with van der Waals surface area (Å²) >= 11 is 5.78. The highest BCUT2D eigenvalue weighted by atomic mass is 35.5. The Hall–Kier alpha value is -1.20. The predicted molar refractivity (Wildman–Crippen MR) is 76.7 cm³/mol. The van der Waals surface area contributed by atoms with Crippen LogP contribution in [0.15, 0.2) is 6.07 Å². The van der Waals surface area contributed by atoms with E-state index in [1.807, 2.05) is 0 Å². The van der Waals surface area contributed by atoms with Crippen LogP contribution in [0.25, 0.3) is 0 Å². The molecule has 0 amide bonds. The minimum atomic E-state index is -0.657. The number of hydrogen-bond acceptors (Lipinski definition) is 4. The van der Waals surface area contributed by atoms with Crippen LogP contribution < -0.4 is 16.8 Å². The molecule has 19 heavy (non-hydrogen) atoms. The Labute approximate surface area is 116 Å². The average molecular weight is 288 g/mol. The van der Waals surface area contributed by atoms with Crippen molar-refractivity contribution in [2.45, 2.75) is 44.2 Å². The van der Waals surface area contributed by atoms with E-state index < -0.39 is 11.9 Å². The minimum absolute atomic E-state index is 0.114. The summed E-state index contributed by atoms with van der Waals surface area (Å²) in [5, 5.41) is 12.9. The van der Waals surface area contributed by atoms with Gasteiger partial charge in [0.2, 0.25) is 0 Å². The normalized spacial score (nSPS) is 23.9. The number of nitrogen functional groups attached to an aromatic ring is 2. The van der Waals surface area contributed by atoms with Gasteiger partial charge in [0, 0.05) is 0 Å². The van der Waals surface area contributed by atoms with Crippen molar-refractivity contribution in [1.29, 1.82) is 0 Å². The second-order valence-corrected chi connectivity index (χ2v) is 5.39. The Kier molecular flexibility index (Phi) is 4.37. The smallest absolute Gasteiger partial charge is 0.169 e. The largest absolute Gasteiger partial charge is 0.397 e. The van der Waals surface area contributed by atoms with Crippen LogP contribution in [0.5, 0.6) is 0 Å². The van der Waals surface area contributed by atoms with Crippen molar-refractivity contribution < 1.29 is 9.50 Å². The van der Waals surface area contributed by atoms with Gasteiger partial charge in [0.05, 0.1) is 29.2 Å². The highest BCUT2D eigenvalue weighted by molar-refractivity contribution is 6.33. The van der Waals surface area contributed by atoms with E-state index in [-0.39, 0.29) is 28.1 Å². The zero-order valence-electron chi connectivity index (χ0n) is 10.6. The van der Waals surface area contributed by atoms with E-state index in [9.17, 15) is 9.50 Å². The maximum absolute atomic E-state index is 14.1. The van der Waals surface area contributed by atoms with E-state index in [1.165, 1.54) is 6.07 Å². The van der Waals surface area contributed by atoms with Crippen LogP contribution in [0.4, 0.5) is 21.5 Å². The summed E-state index contributed by atoms with van der Waals surface area (Å²) in [7, 11) is 0. The summed E-state index contributed by atoms with van der Waals surface area (Å²) < 4.78 is 14.1. The third-order valence-corrected chi connectivity index (χ3v) is 3.96. The molecule has 1 aliphatic rings. The number of hydrogen-bond donors (Lipinski definition) is 4. The van der Waals surface area contributed by atoms with E-state index in [1.54, 1.807) is 0 Å². The number of aliphatic hydroxyl groups is 1. The molecule has 6 N–H and O–H groups in total. The Bertz CT molecular complexity index is 470. The van der Waals surface area contributed by atoms with Crippen molar-refractivity contribution in [1.82, 2.24) is 0 Å². The predicted octanol–water partition coefficient (Wildman–Crippen LogP) is 2.75. The molecule has 0 bridgehead atoms. The SMILES string of the molecule is Nc1cc(N)c(NC2CCCCCC2O)c(F)c1Cl. The molecule has 1 aromatic carbocycles. The number of anilines is 3. The molecule has 1 aliphatic carbocycles. The van der Waals surface area contributed by atoms with Crippen LogP contribution in [-0.4, -0.2) is 17.3 Å². The van der Waals surface area contributed by atoms with Crippen LogP contribution >= 0.6 is 11.6 Å². The zero-order valence-corrected chi connectivity index (χ0v) is 11.4. The Morgan fingerprint density at radius 2 is 1.89 bits per heavy atom. The van der Waals surface area contributed by atoms with Gasteiger partial charge in [-0.2, -0.15) is 0 Å². The Morgan fingerprint density at radius 1 is 1.21 bits per heavy atom. The number of aliphatic hydroxyl groups excluding tert-OH is 1. The van der Waals surface area contributed by atoms with Crippen molar-refractivity contribution in [3.05, 3.63) is 16.9 Å². The van der Waals surface area contributed by atoms with Crippen molar-refractivity contribution >= 4 is 28.7 Å². The van der Waals surface area contributed by atoms with Gasteiger partial charge in [-0.15, -0.1) is 0 Å². The van der Waals surface area contributed by atoms with Crippen LogP contribution in [0.3, 0.4) is 0 Å². The zero-order chi connectivity index (χ0) is 14.0. The molecule has 0 spiro atoms. The first kappa shape index (κ1) is 14.2. The van der Waals surface area contributed by atoms with Crippen molar-refractivity contribution in [3.63, 3.8) is 0 Å². The number of halogens is 2. The molecule has 6 heteroatoms. The summed E-state index contributed by atoms with van der Waals surface area (Å²) in [6.07, 6.45) is 4.05. The lowest BCUT2D eigenvalue weighted by molar-refractivity contribution is 0.144. The maximum Gasteiger partial charge on any atom is 0.169 e. The van der Waals surface area contributed by atoms with Gasteiger partial charge in [0.1, 0.15) is 5.02 Å². The van der Waals surface area contributed by atoms with Gasteiger partial charge < -0.3 is 21.9 Å². The van der Waals surface area contributed by atoms with Crippen LogP contribution in [0, 0.1) is 5.82 Å². The summed E-state index contributed by atoms with van der Waals surface area (Å²) in [6.45, 7) is 0. The van der Waals surface area contributed by atoms with Gasteiger partial charge in [-0.05, 0) is 18.9 Å². The highest BCUT2D eigenvalue weighted by Crippen LogP contribution is 2.35. The fourth-order valence-corrected chi connectivity index (χ4v) is 2.60. The minimum Gasteiger partial charge on any atom is -0.397 e. The molecule has 0 aromatic heterocycles. The summed E-state index contributed by atoms with van der Waals surface area (Å²) in [4.78, 5) is 0. The fourth-order valence-electron chi connectivity index (χ4n) is 2.45. The molecule has 1 fully saturated rings. The standard InChI is InChI=1S/C13H19ClFN3O/c14-11-7(16)6-8(17)13(12(11)15)18-9-4-2-1-3-5-10(9)19/h6,9-10,18-19H,1-5,16-17H2.